The molecule has 0 unspecified atom stereocenters. The molecule has 3 amide bonds. The van der Waals surface area contributed by atoms with Crippen LogP contribution in [0, 0.1) is 29.9 Å². The van der Waals surface area contributed by atoms with E-state index < -0.39 is 46.9 Å². The fourth-order valence-corrected chi connectivity index (χ4v) is 5.65. The van der Waals surface area contributed by atoms with Crippen molar-refractivity contribution in [2.45, 2.75) is 44.3 Å². The molecule has 1 saturated heterocycles. The van der Waals surface area contributed by atoms with Crippen LogP contribution in [0.15, 0.2) is 36.4 Å². The number of amides is 3. The van der Waals surface area contributed by atoms with E-state index in [1.54, 1.807) is 18.2 Å². The number of likely N-dealkylation sites (tertiary alicyclic amines) is 1. The molecule has 0 saturated carbocycles. The summed E-state index contributed by atoms with van der Waals surface area (Å²) in [5, 5.41) is 2.82. The minimum atomic E-state index is -1.66. The minimum Gasteiger partial charge on any atom is -0.348 e. The van der Waals surface area contributed by atoms with E-state index >= 15 is 0 Å². The van der Waals surface area contributed by atoms with Gasteiger partial charge in [-0.3, -0.25) is 24.1 Å². The van der Waals surface area contributed by atoms with E-state index in [1.165, 1.54) is 22.9 Å². The Hall–Kier alpha value is -4.33. The van der Waals surface area contributed by atoms with Crippen LogP contribution < -0.4 is 5.32 Å². The maximum Gasteiger partial charge on any atom is 0.302 e. The molecule has 0 bridgehead atoms. The lowest BCUT2D eigenvalue weighted by atomic mass is 9.80. The number of hydrogen-bond donors (Lipinski definition) is 2. The van der Waals surface area contributed by atoms with Gasteiger partial charge in [0, 0.05) is 24.7 Å². The summed E-state index contributed by atoms with van der Waals surface area (Å²) >= 11 is 0. The van der Waals surface area contributed by atoms with E-state index in [4.69, 9.17) is 6.57 Å². The summed E-state index contributed by atoms with van der Waals surface area (Å²) in [7, 11) is 1.41. The Kier molecular flexibility index (Phi) is 6.37. The summed E-state index contributed by atoms with van der Waals surface area (Å²) in [5.41, 5.74) is -0.219. The molecule has 1 aromatic heterocycles. The molecule has 8 nitrogen and oxygen atoms in total. The van der Waals surface area contributed by atoms with Crippen LogP contribution in [0.5, 0.6) is 0 Å². The van der Waals surface area contributed by atoms with E-state index in [-0.39, 0.29) is 47.8 Å². The van der Waals surface area contributed by atoms with E-state index in [0.717, 1.165) is 11.6 Å². The van der Waals surface area contributed by atoms with Gasteiger partial charge in [0.05, 0.1) is 11.9 Å². The molecule has 202 valence electrons. The molecular formula is C28H26F3N5O3. The fourth-order valence-electron chi connectivity index (χ4n) is 5.65. The van der Waals surface area contributed by atoms with Crippen LogP contribution in [0.2, 0.25) is 0 Å². The standard InChI is InChI=1S/C28H26F3N5O3/c1-14(2)9-20(35(4)25(37)19-11-15-10-17(29)22(30)23(31)24(15)33-19)26(38)36-13-28(12-21(36)32-3)16-7-5-6-8-18(16)34-27(28)39/h5-8,10-11,14,20-21,33H,9,12-13H2,1-2,4H3,(H,34,39)/t20-,21-,28-/m0/s1. The van der Waals surface area contributed by atoms with Crippen molar-refractivity contribution in [1.82, 2.24) is 14.8 Å². The number of nitrogens with one attached hydrogen (secondary N) is 2. The van der Waals surface area contributed by atoms with E-state index in [0.29, 0.717) is 5.69 Å². The number of H-pyrrole nitrogens is 1. The molecule has 3 atom stereocenters. The lowest BCUT2D eigenvalue weighted by molar-refractivity contribution is -0.136. The normalized spacial score (nSPS) is 20.8. The Bertz CT molecular complexity index is 1560. The number of nitrogens with zero attached hydrogens (tertiary/aromatic N) is 3. The first-order valence-electron chi connectivity index (χ1n) is 12.5. The maximum atomic E-state index is 14.3. The summed E-state index contributed by atoms with van der Waals surface area (Å²) in [6.07, 6.45) is -0.549. The topological polar surface area (TPSA) is 89.9 Å². The first kappa shape index (κ1) is 26.3. The van der Waals surface area contributed by atoms with Gasteiger partial charge in [-0.15, -0.1) is 0 Å². The Morgan fingerprint density at radius 3 is 2.62 bits per heavy atom. The fraction of sp³-hybridized carbons (Fsp3) is 0.357. The summed E-state index contributed by atoms with van der Waals surface area (Å²) in [6.45, 7) is 11.5. The zero-order valence-electron chi connectivity index (χ0n) is 21.5. The van der Waals surface area contributed by atoms with Crippen LogP contribution in [-0.2, 0) is 15.0 Å². The maximum absolute atomic E-state index is 14.3. The molecule has 5 rings (SSSR count). The van der Waals surface area contributed by atoms with Crippen molar-refractivity contribution in [3.8, 4) is 0 Å². The molecule has 1 spiro atoms. The summed E-state index contributed by atoms with van der Waals surface area (Å²) in [5.74, 6) is -5.98. The van der Waals surface area contributed by atoms with Gasteiger partial charge in [0.1, 0.15) is 17.2 Å². The average molecular weight is 538 g/mol. The minimum absolute atomic E-state index is 0.0193. The first-order valence-corrected chi connectivity index (χ1v) is 12.5. The van der Waals surface area contributed by atoms with Crippen molar-refractivity contribution in [2.24, 2.45) is 5.92 Å². The van der Waals surface area contributed by atoms with Gasteiger partial charge in [0.2, 0.25) is 5.91 Å². The van der Waals surface area contributed by atoms with Crippen LogP contribution in [0.1, 0.15) is 42.7 Å². The van der Waals surface area contributed by atoms with Crippen LogP contribution in [0.4, 0.5) is 18.9 Å². The first-order chi connectivity index (χ1) is 18.5. The van der Waals surface area contributed by atoms with E-state index in [1.807, 2.05) is 19.9 Å². The molecule has 2 aromatic carbocycles. The number of para-hydroxylation sites is 1. The molecule has 39 heavy (non-hydrogen) atoms. The molecule has 1 fully saturated rings. The van der Waals surface area contributed by atoms with Crippen molar-refractivity contribution in [3.05, 3.63) is 76.5 Å². The number of likely N-dealkylation sites (N-methyl/N-ethyl adjacent to an activating group) is 1. The van der Waals surface area contributed by atoms with Gasteiger partial charge in [-0.05, 0) is 36.1 Å². The van der Waals surface area contributed by atoms with Gasteiger partial charge in [-0.2, -0.15) is 0 Å². The molecule has 0 radical (unpaired) electrons. The summed E-state index contributed by atoms with van der Waals surface area (Å²) < 4.78 is 41.7. The molecule has 2 aliphatic heterocycles. The third kappa shape index (κ3) is 4.11. The summed E-state index contributed by atoms with van der Waals surface area (Å²) in [4.78, 5) is 49.3. The second kappa shape index (κ2) is 9.45. The molecule has 11 heteroatoms. The number of carbonyl (C=O) groups is 3. The molecule has 3 aromatic rings. The second-order valence-corrected chi connectivity index (χ2v) is 10.6. The van der Waals surface area contributed by atoms with Gasteiger partial charge in [-0.1, -0.05) is 32.0 Å². The highest BCUT2D eigenvalue weighted by Crippen LogP contribution is 2.47. The molecule has 3 heterocycles. The third-order valence-electron chi connectivity index (χ3n) is 7.64. The molecule has 0 aliphatic carbocycles. The predicted molar refractivity (Wildman–Crippen MR) is 137 cm³/mol. The zero-order valence-corrected chi connectivity index (χ0v) is 21.5. The molecule has 2 N–H and O–H groups in total. The van der Waals surface area contributed by atoms with Crippen LogP contribution in [-0.4, -0.2) is 58.3 Å². The van der Waals surface area contributed by atoms with Crippen molar-refractivity contribution < 1.29 is 27.6 Å². The Balaban J connectivity index is 1.47. The van der Waals surface area contributed by atoms with Crippen LogP contribution in [0.25, 0.3) is 15.7 Å². The van der Waals surface area contributed by atoms with Crippen molar-refractivity contribution in [1.29, 1.82) is 0 Å². The predicted octanol–water partition coefficient (Wildman–Crippen LogP) is 4.44. The lowest BCUT2D eigenvalue weighted by Crippen LogP contribution is -2.51. The van der Waals surface area contributed by atoms with Crippen molar-refractivity contribution in [2.75, 3.05) is 18.9 Å². The monoisotopic (exact) mass is 537 g/mol. The number of aromatic amines is 1. The van der Waals surface area contributed by atoms with Gasteiger partial charge in [-0.25, -0.2) is 19.7 Å². The van der Waals surface area contributed by atoms with Gasteiger partial charge in [0.15, 0.2) is 17.5 Å². The largest absolute Gasteiger partial charge is 0.348 e. The highest BCUT2D eigenvalue weighted by atomic mass is 19.2. The molecular weight excluding hydrogens is 511 g/mol. The number of halogens is 3. The molecule has 2 aliphatic rings. The average Bonchev–Trinajstić information content (AvgIpc) is 3.59. The number of carbonyl (C=O) groups excluding carboxylic acids is 3. The van der Waals surface area contributed by atoms with Crippen LogP contribution >= 0.6 is 0 Å². The Labute approximate surface area is 222 Å². The van der Waals surface area contributed by atoms with Crippen molar-refractivity contribution >= 4 is 34.3 Å². The lowest BCUT2D eigenvalue weighted by Gasteiger charge is -2.32. The number of rotatable bonds is 5. The zero-order chi connectivity index (χ0) is 28.2. The van der Waals surface area contributed by atoms with E-state index in [9.17, 15) is 27.6 Å². The quantitative estimate of drug-likeness (QED) is 0.373. The number of hydrogen-bond acceptors (Lipinski definition) is 3. The smallest absolute Gasteiger partial charge is 0.302 e. The third-order valence-corrected chi connectivity index (χ3v) is 7.64. The van der Waals surface area contributed by atoms with Gasteiger partial charge in [0.25, 0.3) is 11.8 Å². The number of aromatic nitrogens is 1. The Morgan fingerprint density at radius 2 is 1.92 bits per heavy atom. The highest BCUT2D eigenvalue weighted by Gasteiger charge is 2.59. The van der Waals surface area contributed by atoms with Crippen LogP contribution in [0.3, 0.4) is 0 Å². The Morgan fingerprint density at radius 1 is 1.21 bits per heavy atom. The number of fused-ring (bicyclic) bond motifs is 3. The van der Waals surface area contributed by atoms with E-state index in [2.05, 4.69) is 15.1 Å². The SMILES string of the molecule is [C-]#[N+][C@@H]1C[C@@]2(CN1C(=O)[C@H](CC(C)C)N(C)C(=O)c1cc3cc(F)c(F)c(F)c3[nH]1)C(=O)Nc1ccccc12. The van der Waals surface area contributed by atoms with Gasteiger partial charge < -0.3 is 15.2 Å². The highest BCUT2D eigenvalue weighted by molar-refractivity contribution is 6.07. The number of benzene rings is 2. The second-order valence-electron chi connectivity index (χ2n) is 10.6. The number of anilines is 1. The van der Waals surface area contributed by atoms with Gasteiger partial charge >= 0.3 is 6.17 Å². The summed E-state index contributed by atoms with van der Waals surface area (Å²) in [6, 6.07) is 8.14. The van der Waals surface area contributed by atoms with Crippen molar-refractivity contribution in [3.63, 3.8) is 0 Å².